The number of nitro groups is 1. The number of hydrogen-bond donors (Lipinski definition) is 2. The molecular formula is C13H16N2O4S. The summed E-state index contributed by atoms with van der Waals surface area (Å²) in [6.45, 7) is 0.520. The second-order valence-electron chi connectivity index (χ2n) is 4.72. The van der Waals surface area contributed by atoms with Crippen LogP contribution in [0.3, 0.4) is 0 Å². The van der Waals surface area contributed by atoms with Crippen molar-refractivity contribution in [3.8, 4) is 5.75 Å². The van der Waals surface area contributed by atoms with Crippen LogP contribution < -0.4 is 5.32 Å². The number of hydrogen-bond acceptors (Lipinski definition) is 5. The fraction of sp³-hybridized carbons (Fsp3) is 0.462. The highest BCUT2D eigenvalue weighted by molar-refractivity contribution is 7.99. The highest BCUT2D eigenvalue weighted by Crippen LogP contribution is 2.24. The largest absolute Gasteiger partial charge is 0.508 e. The van der Waals surface area contributed by atoms with Crippen molar-refractivity contribution in [2.24, 2.45) is 5.92 Å². The Kier molecular flexibility index (Phi) is 4.84. The zero-order valence-electron chi connectivity index (χ0n) is 10.9. The number of carbonyl (C=O) groups is 1. The molecule has 1 fully saturated rings. The number of phenols is 1. The number of benzene rings is 1. The molecule has 2 N–H and O–H groups in total. The molecule has 1 heterocycles. The zero-order chi connectivity index (χ0) is 14.5. The van der Waals surface area contributed by atoms with Gasteiger partial charge in [0.05, 0.1) is 4.92 Å². The van der Waals surface area contributed by atoms with Gasteiger partial charge in [-0.25, -0.2) is 0 Å². The van der Waals surface area contributed by atoms with Crippen LogP contribution in [0.15, 0.2) is 18.2 Å². The van der Waals surface area contributed by atoms with Crippen LogP contribution in [0.1, 0.15) is 23.2 Å². The van der Waals surface area contributed by atoms with E-state index in [2.05, 4.69) is 5.32 Å². The number of nitro benzene ring substituents is 1. The van der Waals surface area contributed by atoms with Gasteiger partial charge < -0.3 is 10.4 Å². The van der Waals surface area contributed by atoms with Gasteiger partial charge in [0.2, 0.25) is 0 Å². The Hall–Kier alpha value is -1.76. The minimum absolute atomic E-state index is 0.0971. The first-order valence-corrected chi connectivity index (χ1v) is 7.56. The lowest BCUT2D eigenvalue weighted by Crippen LogP contribution is -2.31. The number of nitrogens with one attached hydrogen (secondary N) is 1. The Bertz CT molecular complexity index is 515. The van der Waals surface area contributed by atoms with E-state index in [1.54, 1.807) is 0 Å². The monoisotopic (exact) mass is 296 g/mol. The Balaban J connectivity index is 2.04. The van der Waals surface area contributed by atoms with E-state index in [0.717, 1.165) is 36.5 Å². The first kappa shape index (κ1) is 14.6. The molecule has 2 rings (SSSR count). The SMILES string of the molecule is O=C(NCC1CCSCC1)c1cc(O)ccc1[N+](=O)[O-]. The second-order valence-corrected chi connectivity index (χ2v) is 5.95. The molecule has 1 amide bonds. The van der Waals surface area contributed by atoms with E-state index in [0.29, 0.717) is 12.5 Å². The van der Waals surface area contributed by atoms with Crippen molar-refractivity contribution < 1.29 is 14.8 Å². The number of phenolic OH excluding ortho intramolecular Hbond substituents is 1. The number of thioether (sulfide) groups is 1. The van der Waals surface area contributed by atoms with E-state index >= 15 is 0 Å². The van der Waals surface area contributed by atoms with Gasteiger partial charge in [0.15, 0.2) is 0 Å². The summed E-state index contributed by atoms with van der Waals surface area (Å²) < 4.78 is 0. The fourth-order valence-corrected chi connectivity index (χ4v) is 3.35. The molecule has 0 atom stereocenters. The average molecular weight is 296 g/mol. The first-order chi connectivity index (χ1) is 9.58. The maximum atomic E-state index is 12.0. The molecule has 20 heavy (non-hydrogen) atoms. The van der Waals surface area contributed by atoms with Crippen molar-refractivity contribution in [1.29, 1.82) is 0 Å². The fourth-order valence-electron chi connectivity index (χ4n) is 2.15. The van der Waals surface area contributed by atoms with E-state index < -0.39 is 10.8 Å². The van der Waals surface area contributed by atoms with Crippen LogP contribution in [0, 0.1) is 16.0 Å². The van der Waals surface area contributed by atoms with Gasteiger partial charge in [0.25, 0.3) is 11.6 Å². The van der Waals surface area contributed by atoms with Crippen LogP contribution >= 0.6 is 11.8 Å². The quantitative estimate of drug-likeness (QED) is 0.656. The van der Waals surface area contributed by atoms with Crippen LogP contribution in [0.5, 0.6) is 5.75 Å². The third-order valence-electron chi connectivity index (χ3n) is 3.31. The van der Waals surface area contributed by atoms with Gasteiger partial charge in [-0.1, -0.05) is 0 Å². The molecule has 1 aliphatic rings. The molecular weight excluding hydrogens is 280 g/mol. The number of nitrogens with zero attached hydrogens (tertiary/aromatic N) is 1. The summed E-state index contributed by atoms with van der Waals surface area (Å²) in [7, 11) is 0. The lowest BCUT2D eigenvalue weighted by molar-refractivity contribution is -0.385. The third-order valence-corrected chi connectivity index (χ3v) is 4.36. The molecule has 0 saturated carbocycles. The van der Waals surface area contributed by atoms with E-state index in [9.17, 15) is 20.0 Å². The standard InChI is InChI=1S/C13H16N2O4S/c16-10-1-2-12(15(18)19)11(7-10)13(17)14-8-9-3-5-20-6-4-9/h1-2,7,9,16H,3-6,8H2,(H,14,17). The van der Waals surface area contributed by atoms with Crippen LogP contribution in [-0.2, 0) is 0 Å². The highest BCUT2D eigenvalue weighted by Gasteiger charge is 2.22. The van der Waals surface area contributed by atoms with Crippen molar-refractivity contribution in [2.45, 2.75) is 12.8 Å². The van der Waals surface area contributed by atoms with Crippen LogP contribution in [-0.4, -0.2) is 34.0 Å². The van der Waals surface area contributed by atoms with Crippen molar-refractivity contribution in [3.05, 3.63) is 33.9 Å². The Morgan fingerprint density at radius 3 is 2.80 bits per heavy atom. The smallest absolute Gasteiger partial charge is 0.282 e. The van der Waals surface area contributed by atoms with Crippen molar-refractivity contribution in [1.82, 2.24) is 5.32 Å². The molecule has 1 saturated heterocycles. The molecule has 0 bridgehead atoms. The predicted octanol–water partition coefficient (Wildman–Crippen LogP) is 2.17. The Labute approximate surface area is 120 Å². The lowest BCUT2D eigenvalue weighted by Gasteiger charge is -2.21. The zero-order valence-corrected chi connectivity index (χ0v) is 11.7. The molecule has 1 aromatic rings. The number of carbonyl (C=O) groups excluding carboxylic acids is 1. The highest BCUT2D eigenvalue weighted by atomic mass is 32.2. The van der Waals surface area contributed by atoms with Crippen LogP contribution in [0.25, 0.3) is 0 Å². The van der Waals surface area contributed by atoms with Crippen molar-refractivity contribution in [2.75, 3.05) is 18.1 Å². The first-order valence-electron chi connectivity index (χ1n) is 6.41. The van der Waals surface area contributed by atoms with Crippen LogP contribution in [0.2, 0.25) is 0 Å². The molecule has 6 nitrogen and oxygen atoms in total. The van der Waals surface area contributed by atoms with Crippen molar-refractivity contribution in [3.63, 3.8) is 0 Å². The number of rotatable bonds is 4. The molecule has 1 aliphatic heterocycles. The molecule has 0 aromatic heterocycles. The number of amides is 1. The van der Waals surface area contributed by atoms with Gasteiger partial charge in [-0.2, -0.15) is 11.8 Å². The summed E-state index contributed by atoms with van der Waals surface area (Å²) in [6.07, 6.45) is 2.10. The minimum atomic E-state index is -0.619. The summed E-state index contributed by atoms with van der Waals surface area (Å²) in [5.41, 5.74) is -0.389. The molecule has 1 aromatic carbocycles. The predicted molar refractivity (Wildman–Crippen MR) is 77.1 cm³/mol. The van der Waals surface area contributed by atoms with Crippen molar-refractivity contribution >= 4 is 23.4 Å². The van der Waals surface area contributed by atoms with E-state index in [1.807, 2.05) is 11.8 Å². The second kappa shape index (κ2) is 6.60. The summed E-state index contributed by atoms with van der Waals surface area (Å²) >= 11 is 1.90. The normalized spacial score (nSPS) is 15.8. The Morgan fingerprint density at radius 1 is 1.45 bits per heavy atom. The van der Waals surface area contributed by atoms with Gasteiger partial charge in [-0.3, -0.25) is 14.9 Å². The molecule has 0 unspecified atom stereocenters. The molecule has 108 valence electrons. The van der Waals surface area contributed by atoms with Gasteiger partial charge in [0.1, 0.15) is 11.3 Å². The van der Waals surface area contributed by atoms with E-state index in [1.165, 1.54) is 6.07 Å². The molecule has 7 heteroatoms. The lowest BCUT2D eigenvalue weighted by atomic mass is 10.0. The van der Waals surface area contributed by atoms with Gasteiger partial charge in [0, 0.05) is 12.6 Å². The summed E-state index contributed by atoms with van der Waals surface area (Å²) in [5, 5.41) is 23.0. The minimum Gasteiger partial charge on any atom is -0.508 e. The van der Waals surface area contributed by atoms with Crippen LogP contribution in [0.4, 0.5) is 5.69 Å². The maximum absolute atomic E-state index is 12.0. The molecule has 0 spiro atoms. The summed E-state index contributed by atoms with van der Waals surface area (Å²) in [6, 6.07) is 3.47. The van der Waals surface area contributed by atoms with E-state index in [4.69, 9.17) is 0 Å². The van der Waals surface area contributed by atoms with Gasteiger partial charge in [-0.15, -0.1) is 0 Å². The van der Waals surface area contributed by atoms with Gasteiger partial charge >= 0.3 is 0 Å². The molecule has 0 aliphatic carbocycles. The maximum Gasteiger partial charge on any atom is 0.282 e. The van der Waals surface area contributed by atoms with E-state index in [-0.39, 0.29) is 17.0 Å². The topological polar surface area (TPSA) is 92.5 Å². The molecule has 0 radical (unpaired) electrons. The summed E-state index contributed by atoms with van der Waals surface area (Å²) in [5.74, 6) is 1.94. The Morgan fingerprint density at radius 2 is 2.15 bits per heavy atom. The number of aromatic hydroxyl groups is 1. The summed E-state index contributed by atoms with van der Waals surface area (Å²) in [4.78, 5) is 22.3. The average Bonchev–Trinajstić information content (AvgIpc) is 2.45. The van der Waals surface area contributed by atoms with Gasteiger partial charge in [-0.05, 0) is 42.4 Å². The third kappa shape index (κ3) is 3.63.